The van der Waals surface area contributed by atoms with Crippen LogP contribution in [0.3, 0.4) is 0 Å². The Balaban J connectivity index is 2.36. The van der Waals surface area contributed by atoms with Crippen LogP contribution in [-0.2, 0) is 11.3 Å². The van der Waals surface area contributed by atoms with Crippen molar-refractivity contribution in [2.45, 2.75) is 6.54 Å². The lowest BCUT2D eigenvalue weighted by atomic mass is 10.1. The van der Waals surface area contributed by atoms with Crippen molar-refractivity contribution in [3.05, 3.63) is 74.6 Å². The van der Waals surface area contributed by atoms with Gasteiger partial charge in [0.2, 0.25) is 0 Å². The number of H-pyrrole nitrogens is 1. The second kappa shape index (κ2) is 5.83. The average molecular weight is 272 g/mol. The summed E-state index contributed by atoms with van der Waals surface area (Å²) in [5.41, 5.74) is 0.520. The van der Waals surface area contributed by atoms with Crippen LogP contribution >= 0.6 is 0 Å². The zero-order valence-electron chi connectivity index (χ0n) is 10.4. The van der Waals surface area contributed by atoms with Crippen LogP contribution in [0.1, 0.15) is 11.1 Å². The van der Waals surface area contributed by atoms with Gasteiger partial charge in [0.1, 0.15) is 0 Å². The molecule has 0 fully saturated rings. The van der Waals surface area contributed by atoms with E-state index in [0.717, 1.165) is 11.6 Å². The molecular weight excluding hydrogens is 260 g/mol. The van der Waals surface area contributed by atoms with Crippen molar-refractivity contribution in [2.24, 2.45) is 0 Å². The lowest BCUT2D eigenvalue weighted by Gasteiger charge is -2.07. The molecule has 0 bridgehead atoms. The van der Waals surface area contributed by atoms with Crippen LogP contribution in [0.5, 0.6) is 0 Å². The highest BCUT2D eigenvalue weighted by atomic mass is 16.4. The molecule has 2 aromatic rings. The maximum Gasteiger partial charge on any atom is 0.328 e. The fraction of sp³-hybridized carbons (Fsp3) is 0.0714. The van der Waals surface area contributed by atoms with E-state index in [9.17, 15) is 14.4 Å². The molecule has 0 unspecified atom stereocenters. The third kappa shape index (κ3) is 3.32. The van der Waals surface area contributed by atoms with Crippen molar-refractivity contribution in [3.8, 4) is 0 Å². The monoisotopic (exact) mass is 272 g/mol. The van der Waals surface area contributed by atoms with Gasteiger partial charge in [-0.2, -0.15) is 0 Å². The number of hydrogen-bond donors (Lipinski definition) is 2. The van der Waals surface area contributed by atoms with Gasteiger partial charge in [-0.05, 0) is 17.2 Å². The summed E-state index contributed by atoms with van der Waals surface area (Å²) in [6.07, 6.45) is 3.90. The van der Waals surface area contributed by atoms with Crippen LogP contribution < -0.4 is 11.2 Å². The number of carbonyl (C=O) groups is 1. The van der Waals surface area contributed by atoms with Crippen LogP contribution in [0.15, 0.2) is 52.2 Å². The summed E-state index contributed by atoms with van der Waals surface area (Å²) in [5, 5.41) is 8.65. The minimum atomic E-state index is -1.04. The number of hydrogen-bond acceptors (Lipinski definition) is 3. The number of carboxylic acid groups (broad SMARTS) is 1. The van der Waals surface area contributed by atoms with Gasteiger partial charge in [0.25, 0.3) is 5.56 Å². The lowest BCUT2D eigenvalue weighted by molar-refractivity contribution is -0.131. The molecule has 0 radical (unpaired) electrons. The summed E-state index contributed by atoms with van der Waals surface area (Å²) in [5.74, 6) is -1.04. The Morgan fingerprint density at radius 1 is 1.25 bits per heavy atom. The number of rotatable bonds is 4. The van der Waals surface area contributed by atoms with Crippen LogP contribution in [0, 0.1) is 0 Å². The van der Waals surface area contributed by atoms with Crippen molar-refractivity contribution in [2.75, 3.05) is 0 Å². The number of aromatic nitrogens is 2. The van der Waals surface area contributed by atoms with Gasteiger partial charge in [-0.3, -0.25) is 14.3 Å². The van der Waals surface area contributed by atoms with E-state index in [1.807, 2.05) is 0 Å². The second-order valence-electron chi connectivity index (χ2n) is 4.11. The Kier molecular flexibility index (Phi) is 3.95. The van der Waals surface area contributed by atoms with Crippen molar-refractivity contribution in [1.82, 2.24) is 9.55 Å². The Hall–Kier alpha value is -2.89. The van der Waals surface area contributed by atoms with Gasteiger partial charge in [-0.15, -0.1) is 0 Å². The van der Waals surface area contributed by atoms with Gasteiger partial charge in [0.15, 0.2) is 0 Å². The number of benzene rings is 1. The summed E-state index contributed by atoms with van der Waals surface area (Å²) in [6.45, 7) is 0.246. The number of nitrogens with one attached hydrogen (secondary N) is 1. The topological polar surface area (TPSA) is 92.2 Å². The van der Waals surface area contributed by atoms with E-state index in [1.165, 1.54) is 22.9 Å². The molecule has 102 valence electrons. The molecule has 1 aromatic carbocycles. The molecular formula is C14H12N2O4. The highest BCUT2D eigenvalue weighted by Crippen LogP contribution is 2.11. The van der Waals surface area contributed by atoms with E-state index in [1.54, 1.807) is 24.3 Å². The number of carboxylic acids is 1. The van der Waals surface area contributed by atoms with Gasteiger partial charge in [-0.25, -0.2) is 9.59 Å². The normalized spacial score (nSPS) is 10.8. The minimum Gasteiger partial charge on any atom is -0.478 e. The standard InChI is InChI=1S/C14H12N2O4/c17-12-7-8-16(14(20)15-12)9-11-4-2-1-3-10(11)5-6-13(18)19/h1-8H,9H2,(H,18,19)(H,15,17,20). The summed E-state index contributed by atoms with van der Waals surface area (Å²) in [4.78, 5) is 35.3. The van der Waals surface area contributed by atoms with Gasteiger partial charge in [0, 0.05) is 18.3 Å². The molecule has 0 aliphatic rings. The first-order valence-electron chi connectivity index (χ1n) is 5.85. The van der Waals surface area contributed by atoms with Gasteiger partial charge in [-0.1, -0.05) is 24.3 Å². The summed E-state index contributed by atoms with van der Waals surface area (Å²) in [7, 11) is 0. The zero-order chi connectivity index (χ0) is 14.5. The molecule has 6 heteroatoms. The molecule has 20 heavy (non-hydrogen) atoms. The smallest absolute Gasteiger partial charge is 0.328 e. The third-order valence-corrected chi connectivity index (χ3v) is 2.70. The van der Waals surface area contributed by atoms with Crippen LogP contribution in [0.2, 0.25) is 0 Å². The van der Waals surface area contributed by atoms with E-state index in [4.69, 9.17) is 5.11 Å². The Morgan fingerprint density at radius 3 is 2.70 bits per heavy atom. The molecule has 0 aliphatic carbocycles. The highest BCUT2D eigenvalue weighted by Gasteiger charge is 2.02. The molecule has 0 saturated heterocycles. The van der Waals surface area contributed by atoms with Crippen LogP contribution in [0.25, 0.3) is 6.08 Å². The van der Waals surface area contributed by atoms with Crippen molar-refractivity contribution >= 4 is 12.0 Å². The van der Waals surface area contributed by atoms with E-state index in [2.05, 4.69) is 4.98 Å². The molecule has 0 spiro atoms. The largest absolute Gasteiger partial charge is 0.478 e. The predicted molar refractivity (Wildman–Crippen MR) is 73.5 cm³/mol. The first-order chi connectivity index (χ1) is 9.56. The van der Waals surface area contributed by atoms with Crippen LogP contribution in [-0.4, -0.2) is 20.6 Å². The average Bonchev–Trinajstić information content (AvgIpc) is 2.41. The van der Waals surface area contributed by atoms with Gasteiger partial charge < -0.3 is 5.11 Å². The second-order valence-corrected chi connectivity index (χ2v) is 4.11. The summed E-state index contributed by atoms with van der Waals surface area (Å²) in [6, 6.07) is 8.38. The van der Waals surface area contributed by atoms with E-state index >= 15 is 0 Å². The summed E-state index contributed by atoms with van der Waals surface area (Å²) >= 11 is 0. The Bertz CT molecular complexity index is 771. The van der Waals surface area contributed by atoms with Crippen molar-refractivity contribution < 1.29 is 9.90 Å². The van der Waals surface area contributed by atoms with Gasteiger partial charge >= 0.3 is 11.7 Å². The molecule has 2 rings (SSSR count). The SMILES string of the molecule is O=C(O)C=Cc1ccccc1Cn1ccc(=O)[nH]c1=O. The first kappa shape index (κ1) is 13.5. The molecule has 0 saturated carbocycles. The maximum atomic E-state index is 11.6. The molecule has 1 aromatic heterocycles. The third-order valence-electron chi connectivity index (χ3n) is 2.70. The molecule has 2 N–H and O–H groups in total. The quantitative estimate of drug-likeness (QED) is 0.801. The fourth-order valence-corrected chi connectivity index (χ4v) is 1.75. The lowest BCUT2D eigenvalue weighted by Crippen LogP contribution is -2.29. The van der Waals surface area contributed by atoms with E-state index in [0.29, 0.717) is 5.56 Å². The maximum absolute atomic E-state index is 11.6. The molecule has 0 aliphatic heterocycles. The van der Waals surface area contributed by atoms with Gasteiger partial charge in [0.05, 0.1) is 6.54 Å². The number of aromatic amines is 1. The molecule has 6 nitrogen and oxygen atoms in total. The highest BCUT2D eigenvalue weighted by molar-refractivity contribution is 5.85. The zero-order valence-corrected chi connectivity index (χ0v) is 10.4. The van der Waals surface area contributed by atoms with Crippen molar-refractivity contribution in [1.29, 1.82) is 0 Å². The fourth-order valence-electron chi connectivity index (χ4n) is 1.75. The molecule has 0 atom stereocenters. The van der Waals surface area contributed by atoms with E-state index in [-0.39, 0.29) is 6.54 Å². The molecule has 0 amide bonds. The van der Waals surface area contributed by atoms with E-state index < -0.39 is 17.2 Å². The first-order valence-corrected chi connectivity index (χ1v) is 5.85. The Morgan fingerprint density at radius 2 is 2.00 bits per heavy atom. The van der Waals surface area contributed by atoms with Crippen LogP contribution in [0.4, 0.5) is 0 Å². The van der Waals surface area contributed by atoms with Crippen molar-refractivity contribution in [3.63, 3.8) is 0 Å². The number of aliphatic carboxylic acids is 1. The molecule has 1 heterocycles. The summed E-state index contributed by atoms with van der Waals surface area (Å²) < 4.78 is 1.34. The predicted octanol–water partition coefficient (Wildman–Crippen LogP) is 0.683. The number of nitrogens with zero attached hydrogens (tertiary/aromatic N) is 1. The minimum absolute atomic E-state index is 0.246. The Labute approximate surface area is 113 Å².